The first-order chi connectivity index (χ1) is 6.79. The fraction of sp³-hybridized carbons (Fsp3) is 0.231. The fourth-order valence-corrected chi connectivity index (χ4v) is 1.60. The van der Waals surface area contributed by atoms with Crippen LogP contribution in [0.15, 0.2) is 59.6 Å². The minimum atomic E-state index is 1.08. The van der Waals surface area contributed by atoms with Crippen molar-refractivity contribution in [2.24, 2.45) is 0 Å². The maximum absolute atomic E-state index is 2.20. The molecule has 2 aliphatic heterocycles. The summed E-state index contributed by atoms with van der Waals surface area (Å²) in [7, 11) is 0. The van der Waals surface area contributed by atoms with Crippen LogP contribution in [0.2, 0.25) is 0 Å². The van der Waals surface area contributed by atoms with Gasteiger partial charge in [-0.15, -0.1) is 0 Å². The van der Waals surface area contributed by atoms with Crippen molar-refractivity contribution in [2.45, 2.75) is 20.3 Å². The van der Waals surface area contributed by atoms with Crippen molar-refractivity contribution < 1.29 is 0 Å². The van der Waals surface area contributed by atoms with Crippen LogP contribution in [0.25, 0.3) is 0 Å². The van der Waals surface area contributed by atoms with E-state index in [2.05, 4.69) is 61.5 Å². The van der Waals surface area contributed by atoms with Crippen molar-refractivity contribution in [3.8, 4) is 0 Å². The van der Waals surface area contributed by atoms with Gasteiger partial charge >= 0.3 is 0 Å². The van der Waals surface area contributed by atoms with Crippen LogP contribution in [0, 0.1) is 0 Å². The standard InChI is InChI=1S/C13H15N/c1-3-12-7-8-13-6-4-5-11(2)9-14(13)10-12/h4-10H,3H2,1-2H3. The number of allylic oxidation sites excluding steroid dienone is 7. The van der Waals surface area contributed by atoms with Crippen LogP contribution in [-0.2, 0) is 0 Å². The fourth-order valence-electron chi connectivity index (χ4n) is 1.60. The molecular weight excluding hydrogens is 170 g/mol. The molecular formula is C13H15N. The van der Waals surface area contributed by atoms with E-state index in [0.29, 0.717) is 0 Å². The molecule has 0 spiro atoms. The summed E-state index contributed by atoms with van der Waals surface area (Å²) in [6.45, 7) is 4.29. The SMILES string of the molecule is CCC1=CN2C=C(C)C=CC=C2C=C1. The van der Waals surface area contributed by atoms with Gasteiger partial charge in [-0.2, -0.15) is 0 Å². The van der Waals surface area contributed by atoms with Crippen LogP contribution in [-0.4, -0.2) is 4.90 Å². The molecule has 0 radical (unpaired) electrons. The first-order valence-corrected chi connectivity index (χ1v) is 5.03. The number of nitrogens with zero attached hydrogens (tertiary/aromatic N) is 1. The molecule has 72 valence electrons. The van der Waals surface area contributed by atoms with Gasteiger partial charge in [-0.05, 0) is 36.6 Å². The first kappa shape index (κ1) is 9.07. The van der Waals surface area contributed by atoms with Crippen molar-refractivity contribution in [3.63, 3.8) is 0 Å². The van der Waals surface area contributed by atoms with Gasteiger partial charge in [-0.25, -0.2) is 0 Å². The highest BCUT2D eigenvalue weighted by molar-refractivity contribution is 5.40. The van der Waals surface area contributed by atoms with Gasteiger partial charge in [0, 0.05) is 18.1 Å². The van der Waals surface area contributed by atoms with E-state index in [-0.39, 0.29) is 0 Å². The van der Waals surface area contributed by atoms with Crippen LogP contribution in [0.1, 0.15) is 20.3 Å². The number of rotatable bonds is 1. The van der Waals surface area contributed by atoms with Gasteiger partial charge in [0.25, 0.3) is 0 Å². The normalized spacial score (nSPS) is 19.6. The van der Waals surface area contributed by atoms with Gasteiger partial charge in [0.1, 0.15) is 0 Å². The molecule has 2 heterocycles. The second-order valence-corrected chi connectivity index (χ2v) is 3.62. The molecule has 0 aromatic carbocycles. The summed E-state index contributed by atoms with van der Waals surface area (Å²) < 4.78 is 0. The Labute approximate surface area is 85.4 Å². The highest BCUT2D eigenvalue weighted by atomic mass is 15.1. The number of hydrogen-bond acceptors (Lipinski definition) is 1. The van der Waals surface area contributed by atoms with E-state index in [0.717, 1.165) is 6.42 Å². The molecule has 0 fully saturated rings. The Morgan fingerprint density at radius 2 is 2.00 bits per heavy atom. The van der Waals surface area contributed by atoms with E-state index in [4.69, 9.17) is 0 Å². The highest BCUT2D eigenvalue weighted by Gasteiger charge is 2.08. The monoisotopic (exact) mass is 185 g/mol. The average molecular weight is 185 g/mol. The summed E-state index contributed by atoms with van der Waals surface area (Å²) in [5.41, 5.74) is 3.88. The Bertz CT molecular complexity index is 378. The molecule has 0 aromatic rings. The van der Waals surface area contributed by atoms with Crippen LogP contribution in [0.3, 0.4) is 0 Å². The minimum Gasteiger partial charge on any atom is -0.323 e. The summed E-state index contributed by atoms with van der Waals surface area (Å²) in [6, 6.07) is 0. The quantitative estimate of drug-likeness (QED) is 0.604. The van der Waals surface area contributed by atoms with E-state index in [1.54, 1.807) is 0 Å². The van der Waals surface area contributed by atoms with Crippen molar-refractivity contribution in [1.29, 1.82) is 0 Å². The van der Waals surface area contributed by atoms with Gasteiger partial charge in [0.2, 0.25) is 0 Å². The lowest BCUT2D eigenvalue weighted by atomic mass is 10.1. The predicted octanol–water partition coefficient (Wildman–Crippen LogP) is 3.51. The number of fused-ring (bicyclic) bond motifs is 1. The van der Waals surface area contributed by atoms with Crippen molar-refractivity contribution in [3.05, 3.63) is 59.6 Å². The second-order valence-electron chi connectivity index (χ2n) is 3.62. The zero-order valence-corrected chi connectivity index (χ0v) is 8.70. The van der Waals surface area contributed by atoms with Gasteiger partial charge in [-0.1, -0.05) is 25.2 Å². The van der Waals surface area contributed by atoms with Gasteiger partial charge in [-0.3, -0.25) is 0 Å². The molecule has 0 bridgehead atoms. The molecule has 0 aliphatic carbocycles. The van der Waals surface area contributed by atoms with E-state index >= 15 is 0 Å². The van der Waals surface area contributed by atoms with E-state index in [1.165, 1.54) is 16.8 Å². The van der Waals surface area contributed by atoms with Gasteiger partial charge in [0.05, 0.1) is 0 Å². The van der Waals surface area contributed by atoms with E-state index in [9.17, 15) is 0 Å². The van der Waals surface area contributed by atoms with E-state index in [1.807, 2.05) is 0 Å². The van der Waals surface area contributed by atoms with Crippen LogP contribution < -0.4 is 0 Å². The third kappa shape index (κ3) is 1.72. The van der Waals surface area contributed by atoms with Crippen LogP contribution >= 0.6 is 0 Å². The smallest absolute Gasteiger partial charge is 0.0449 e. The average Bonchev–Trinajstić information content (AvgIpc) is 2.37. The predicted molar refractivity (Wildman–Crippen MR) is 60.3 cm³/mol. The third-order valence-corrected chi connectivity index (χ3v) is 2.45. The molecule has 0 aromatic heterocycles. The van der Waals surface area contributed by atoms with Gasteiger partial charge < -0.3 is 4.90 Å². The van der Waals surface area contributed by atoms with Crippen molar-refractivity contribution in [2.75, 3.05) is 0 Å². The molecule has 0 N–H and O–H groups in total. The Hall–Kier alpha value is -1.50. The van der Waals surface area contributed by atoms with Crippen LogP contribution in [0.5, 0.6) is 0 Å². The summed E-state index contributed by atoms with van der Waals surface area (Å²) >= 11 is 0. The lowest BCUT2D eigenvalue weighted by molar-refractivity contribution is 0.632. The molecule has 0 amide bonds. The Kier molecular flexibility index (Phi) is 2.40. The van der Waals surface area contributed by atoms with Crippen molar-refractivity contribution in [1.82, 2.24) is 4.90 Å². The molecule has 2 aliphatic rings. The molecule has 14 heavy (non-hydrogen) atoms. The highest BCUT2D eigenvalue weighted by Crippen LogP contribution is 2.22. The summed E-state index contributed by atoms with van der Waals surface area (Å²) in [5, 5.41) is 0. The lowest BCUT2D eigenvalue weighted by Crippen LogP contribution is -2.11. The van der Waals surface area contributed by atoms with Crippen LogP contribution in [0.4, 0.5) is 0 Å². The molecule has 0 atom stereocenters. The van der Waals surface area contributed by atoms with E-state index < -0.39 is 0 Å². The number of hydrogen-bond donors (Lipinski definition) is 0. The Morgan fingerprint density at radius 1 is 1.14 bits per heavy atom. The molecule has 1 heteroatoms. The zero-order chi connectivity index (χ0) is 9.97. The second kappa shape index (κ2) is 3.70. The summed E-state index contributed by atoms with van der Waals surface area (Å²) in [6.07, 6.45) is 16.1. The molecule has 1 nitrogen and oxygen atoms in total. The minimum absolute atomic E-state index is 1.08. The Balaban J connectivity index is 2.36. The third-order valence-electron chi connectivity index (χ3n) is 2.45. The maximum Gasteiger partial charge on any atom is 0.0449 e. The molecule has 0 unspecified atom stereocenters. The summed E-state index contributed by atoms with van der Waals surface area (Å²) in [4.78, 5) is 2.19. The zero-order valence-electron chi connectivity index (χ0n) is 8.70. The van der Waals surface area contributed by atoms with Gasteiger partial charge in [0.15, 0.2) is 0 Å². The molecule has 2 rings (SSSR count). The first-order valence-electron chi connectivity index (χ1n) is 5.03. The topological polar surface area (TPSA) is 3.24 Å². The summed E-state index contributed by atoms with van der Waals surface area (Å²) in [5.74, 6) is 0. The molecule has 0 saturated heterocycles. The Morgan fingerprint density at radius 3 is 2.79 bits per heavy atom. The van der Waals surface area contributed by atoms with Crippen molar-refractivity contribution >= 4 is 0 Å². The maximum atomic E-state index is 2.20. The molecule has 0 saturated carbocycles. The lowest BCUT2D eigenvalue weighted by Gasteiger charge is -2.21. The largest absolute Gasteiger partial charge is 0.323 e.